The number of carboxylic acids is 1. The maximum Gasteiger partial charge on any atom is 0.322 e. The van der Waals surface area contributed by atoms with Crippen molar-refractivity contribution in [3.8, 4) is 0 Å². The van der Waals surface area contributed by atoms with Crippen molar-refractivity contribution in [1.29, 1.82) is 0 Å². The van der Waals surface area contributed by atoms with Crippen LogP contribution in [0.2, 0.25) is 5.02 Å². The maximum absolute atomic E-state index is 10.4. The number of fused-ring (bicyclic) bond motifs is 1. The van der Waals surface area contributed by atoms with Gasteiger partial charge in [0.15, 0.2) is 0 Å². The largest absolute Gasteiger partial charge is 0.480 e. The second kappa shape index (κ2) is 4.37. The molecule has 0 radical (unpaired) electrons. The molecule has 0 saturated carbocycles. The van der Waals surface area contributed by atoms with Gasteiger partial charge in [-0.15, -0.1) is 0 Å². The number of aromatic nitrogens is 1. The number of carbonyl (C=O) groups is 1. The molecular weight excluding hydrogens is 228 g/mol. The number of pyridine rings is 1. The predicted octanol–water partition coefficient (Wildman–Crippen LogP) is 2.38. The summed E-state index contributed by atoms with van der Waals surface area (Å²) in [6.45, 7) is -0.147. The Kier molecular flexibility index (Phi) is 2.92. The fraction of sp³-hybridized carbons (Fsp3) is 0.0909. The molecule has 16 heavy (non-hydrogen) atoms. The Bertz CT molecular complexity index is 542. The van der Waals surface area contributed by atoms with Crippen LogP contribution in [0.15, 0.2) is 30.3 Å². The third-order valence-corrected chi connectivity index (χ3v) is 2.31. The van der Waals surface area contributed by atoms with E-state index in [0.717, 1.165) is 10.9 Å². The first kappa shape index (κ1) is 10.7. The minimum atomic E-state index is -0.919. The first-order valence-corrected chi connectivity index (χ1v) is 5.05. The Labute approximate surface area is 96.9 Å². The third-order valence-electron chi connectivity index (χ3n) is 2.07. The van der Waals surface area contributed by atoms with E-state index in [9.17, 15) is 4.79 Å². The second-order valence-corrected chi connectivity index (χ2v) is 3.72. The molecule has 0 fully saturated rings. The number of nitrogens with one attached hydrogen (secondary N) is 1. The highest BCUT2D eigenvalue weighted by Gasteiger charge is 2.00. The summed E-state index contributed by atoms with van der Waals surface area (Å²) < 4.78 is 0. The summed E-state index contributed by atoms with van der Waals surface area (Å²) in [7, 11) is 0. The van der Waals surface area contributed by atoms with Crippen molar-refractivity contribution in [2.45, 2.75) is 0 Å². The van der Waals surface area contributed by atoms with Gasteiger partial charge in [0.1, 0.15) is 12.4 Å². The van der Waals surface area contributed by atoms with Crippen LogP contribution in [-0.2, 0) is 4.79 Å². The molecule has 0 aliphatic heterocycles. The lowest BCUT2D eigenvalue weighted by molar-refractivity contribution is -0.134. The van der Waals surface area contributed by atoms with E-state index in [1.165, 1.54) is 0 Å². The highest BCUT2D eigenvalue weighted by molar-refractivity contribution is 6.31. The van der Waals surface area contributed by atoms with E-state index < -0.39 is 5.97 Å². The summed E-state index contributed by atoms with van der Waals surface area (Å²) in [4.78, 5) is 14.6. The summed E-state index contributed by atoms with van der Waals surface area (Å²) in [5.41, 5.74) is 0.778. The average molecular weight is 237 g/mol. The summed E-state index contributed by atoms with van der Waals surface area (Å²) in [5, 5.41) is 12.8. The molecule has 0 bridgehead atoms. The van der Waals surface area contributed by atoms with Gasteiger partial charge in [0.25, 0.3) is 0 Å². The molecule has 0 aliphatic carbocycles. The van der Waals surface area contributed by atoms with Crippen LogP contribution in [0.3, 0.4) is 0 Å². The molecule has 0 saturated heterocycles. The molecular formula is C11H9ClN2O2. The summed E-state index contributed by atoms with van der Waals surface area (Å²) in [6.07, 6.45) is 0. The number of halogens is 1. The second-order valence-electron chi connectivity index (χ2n) is 3.28. The number of carboxylic acid groups (broad SMARTS) is 1. The van der Waals surface area contributed by atoms with E-state index in [1.807, 2.05) is 12.1 Å². The number of hydrogen-bond acceptors (Lipinski definition) is 3. The standard InChI is InChI=1S/C11H9ClN2O2/c12-8-2-3-9-7(5-8)1-4-10(14-9)13-6-11(15)16/h1-5H,6H2,(H,13,14)(H,15,16). The molecule has 0 aliphatic rings. The molecule has 0 spiro atoms. The van der Waals surface area contributed by atoms with Gasteiger partial charge in [-0.3, -0.25) is 4.79 Å². The SMILES string of the molecule is O=C(O)CNc1ccc2cc(Cl)ccc2n1. The fourth-order valence-corrected chi connectivity index (χ4v) is 1.54. The zero-order valence-corrected chi connectivity index (χ0v) is 9.03. The Morgan fingerprint density at radius 3 is 2.94 bits per heavy atom. The number of aliphatic carboxylic acids is 1. The van der Waals surface area contributed by atoms with Crippen molar-refractivity contribution in [3.05, 3.63) is 35.4 Å². The van der Waals surface area contributed by atoms with E-state index >= 15 is 0 Å². The fourth-order valence-electron chi connectivity index (χ4n) is 1.36. The van der Waals surface area contributed by atoms with Crippen molar-refractivity contribution in [2.75, 3.05) is 11.9 Å². The lowest BCUT2D eigenvalue weighted by atomic mass is 10.2. The molecule has 5 heteroatoms. The van der Waals surface area contributed by atoms with Gasteiger partial charge in [0.05, 0.1) is 5.52 Å². The smallest absolute Gasteiger partial charge is 0.322 e. The van der Waals surface area contributed by atoms with Crippen molar-refractivity contribution >= 4 is 34.3 Å². The minimum absolute atomic E-state index is 0.147. The third kappa shape index (κ3) is 2.41. The molecule has 2 aromatic rings. The minimum Gasteiger partial charge on any atom is -0.480 e. The predicted molar refractivity (Wildman–Crippen MR) is 62.9 cm³/mol. The van der Waals surface area contributed by atoms with Gasteiger partial charge in [0, 0.05) is 10.4 Å². The van der Waals surface area contributed by atoms with Gasteiger partial charge in [-0.05, 0) is 30.3 Å². The van der Waals surface area contributed by atoms with Crippen molar-refractivity contribution in [2.24, 2.45) is 0 Å². The quantitative estimate of drug-likeness (QED) is 0.859. The lowest BCUT2D eigenvalue weighted by Gasteiger charge is -2.04. The summed E-state index contributed by atoms with van der Waals surface area (Å²) in [5.74, 6) is -0.379. The Morgan fingerprint density at radius 2 is 2.19 bits per heavy atom. The zero-order valence-electron chi connectivity index (χ0n) is 8.27. The topological polar surface area (TPSA) is 62.2 Å². The van der Waals surface area contributed by atoms with Gasteiger partial charge in [-0.1, -0.05) is 11.6 Å². The molecule has 0 amide bonds. The average Bonchev–Trinajstić information content (AvgIpc) is 2.26. The maximum atomic E-state index is 10.4. The first-order valence-electron chi connectivity index (χ1n) is 4.67. The van der Waals surface area contributed by atoms with Crippen molar-refractivity contribution < 1.29 is 9.90 Å². The van der Waals surface area contributed by atoms with Gasteiger partial charge in [-0.25, -0.2) is 4.98 Å². The van der Waals surface area contributed by atoms with Gasteiger partial charge < -0.3 is 10.4 Å². The number of benzene rings is 1. The molecule has 0 atom stereocenters. The monoisotopic (exact) mass is 236 g/mol. The van der Waals surface area contributed by atoms with Crippen LogP contribution in [0, 0.1) is 0 Å². The van der Waals surface area contributed by atoms with Crippen LogP contribution >= 0.6 is 11.6 Å². The molecule has 82 valence electrons. The van der Waals surface area contributed by atoms with Gasteiger partial charge in [0.2, 0.25) is 0 Å². The summed E-state index contributed by atoms with van der Waals surface area (Å²) >= 11 is 5.84. The Balaban J connectivity index is 2.30. The van der Waals surface area contributed by atoms with Crippen LogP contribution in [0.25, 0.3) is 10.9 Å². The molecule has 1 heterocycles. The normalized spacial score (nSPS) is 10.3. The molecule has 4 nitrogen and oxygen atoms in total. The van der Waals surface area contributed by atoms with E-state index in [2.05, 4.69) is 10.3 Å². The van der Waals surface area contributed by atoms with Crippen LogP contribution in [0.1, 0.15) is 0 Å². The lowest BCUT2D eigenvalue weighted by Crippen LogP contribution is -2.13. The van der Waals surface area contributed by atoms with Crippen LogP contribution < -0.4 is 5.32 Å². The molecule has 2 N–H and O–H groups in total. The molecule has 2 rings (SSSR count). The molecule has 1 aromatic carbocycles. The number of hydrogen-bond donors (Lipinski definition) is 2. The number of anilines is 1. The van der Waals surface area contributed by atoms with Crippen molar-refractivity contribution in [3.63, 3.8) is 0 Å². The Morgan fingerprint density at radius 1 is 1.38 bits per heavy atom. The zero-order chi connectivity index (χ0) is 11.5. The first-order chi connectivity index (χ1) is 7.65. The molecule has 0 unspecified atom stereocenters. The van der Waals surface area contributed by atoms with Crippen LogP contribution in [-0.4, -0.2) is 22.6 Å². The number of nitrogens with zero attached hydrogens (tertiary/aromatic N) is 1. The highest BCUT2D eigenvalue weighted by Crippen LogP contribution is 2.19. The summed E-state index contributed by atoms with van der Waals surface area (Å²) in [6, 6.07) is 8.92. The van der Waals surface area contributed by atoms with E-state index in [4.69, 9.17) is 16.7 Å². The van der Waals surface area contributed by atoms with E-state index in [1.54, 1.807) is 18.2 Å². The Hall–Kier alpha value is -1.81. The number of rotatable bonds is 3. The van der Waals surface area contributed by atoms with E-state index in [0.29, 0.717) is 10.8 Å². The van der Waals surface area contributed by atoms with Crippen molar-refractivity contribution in [1.82, 2.24) is 4.98 Å². The van der Waals surface area contributed by atoms with Crippen LogP contribution in [0.5, 0.6) is 0 Å². The van der Waals surface area contributed by atoms with Gasteiger partial charge in [-0.2, -0.15) is 0 Å². The molecule has 1 aromatic heterocycles. The van der Waals surface area contributed by atoms with E-state index in [-0.39, 0.29) is 6.54 Å². The van der Waals surface area contributed by atoms with Gasteiger partial charge >= 0.3 is 5.97 Å². The van der Waals surface area contributed by atoms with Crippen LogP contribution in [0.4, 0.5) is 5.82 Å². The highest BCUT2D eigenvalue weighted by atomic mass is 35.5.